The first kappa shape index (κ1) is 14.3. The third-order valence-electron chi connectivity index (χ3n) is 3.41. The van der Waals surface area contributed by atoms with Crippen molar-refractivity contribution < 1.29 is 24.1 Å². The third kappa shape index (κ3) is 3.27. The molecule has 106 valence electrons. The summed E-state index contributed by atoms with van der Waals surface area (Å²) in [7, 11) is 0. The van der Waals surface area contributed by atoms with E-state index in [0.29, 0.717) is 6.54 Å². The van der Waals surface area contributed by atoms with E-state index >= 15 is 0 Å². The lowest BCUT2D eigenvalue weighted by Crippen LogP contribution is -2.55. The quantitative estimate of drug-likeness (QED) is 0.720. The van der Waals surface area contributed by atoms with Gasteiger partial charge >= 0.3 is 0 Å². The zero-order valence-electron chi connectivity index (χ0n) is 10.3. The summed E-state index contributed by atoms with van der Waals surface area (Å²) in [6.07, 6.45) is -2.93. The molecule has 1 saturated heterocycles. The molecule has 0 radical (unpaired) electrons. The number of hydrogen-bond donors (Lipinski definition) is 3. The average Bonchev–Trinajstić information content (AvgIpc) is 2.37. The van der Waals surface area contributed by atoms with Gasteiger partial charge < -0.3 is 15.3 Å². The number of aliphatic hydroxyl groups excluding tert-OH is 3. The van der Waals surface area contributed by atoms with Gasteiger partial charge in [0.2, 0.25) is 0 Å². The summed E-state index contributed by atoms with van der Waals surface area (Å²) in [5, 5.41) is 28.5. The first-order valence-corrected chi connectivity index (χ1v) is 6.18. The molecule has 3 atom stereocenters. The van der Waals surface area contributed by atoms with E-state index in [1.165, 1.54) is 12.1 Å². The van der Waals surface area contributed by atoms with Gasteiger partial charge in [-0.3, -0.25) is 4.90 Å². The van der Waals surface area contributed by atoms with Crippen molar-refractivity contribution in [3.8, 4) is 0 Å². The molecule has 1 aliphatic heterocycles. The normalized spacial score (nSPS) is 28.6. The largest absolute Gasteiger partial charge is 0.389 e. The van der Waals surface area contributed by atoms with Crippen LogP contribution < -0.4 is 0 Å². The molecule has 6 heteroatoms. The van der Waals surface area contributed by atoms with Crippen molar-refractivity contribution in [2.24, 2.45) is 0 Å². The summed E-state index contributed by atoms with van der Waals surface area (Å²) in [4.78, 5) is 1.71. The highest BCUT2D eigenvalue weighted by atomic mass is 19.2. The number of rotatable bonds is 3. The summed E-state index contributed by atoms with van der Waals surface area (Å²) in [5.41, 5.74) is 0.259. The predicted molar refractivity (Wildman–Crippen MR) is 64.5 cm³/mol. The molecule has 0 spiro atoms. The molecule has 0 saturated carbocycles. The number of halogens is 2. The SMILES string of the molecule is OC1[C@H](O)CN(CCc2cccc(F)c2F)C[C@@H]1O. The Balaban J connectivity index is 1.94. The Kier molecular flexibility index (Phi) is 4.46. The molecule has 1 aliphatic rings. The second-order valence-electron chi connectivity index (χ2n) is 4.85. The summed E-state index contributed by atoms with van der Waals surface area (Å²) in [6.45, 7) is 0.783. The first-order valence-electron chi connectivity index (χ1n) is 6.18. The summed E-state index contributed by atoms with van der Waals surface area (Å²) in [6, 6.07) is 4.01. The molecule has 2 rings (SSSR count). The molecular formula is C13H17F2NO3. The van der Waals surface area contributed by atoms with E-state index in [4.69, 9.17) is 0 Å². The van der Waals surface area contributed by atoms with Crippen LogP contribution in [-0.4, -0.2) is 58.2 Å². The van der Waals surface area contributed by atoms with E-state index in [-0.39, 0.29) is 25.1 Å². The fraction of sp³-hybridized carbons (Fsp3) is 0.538. The molecular weight excluding hydrogens is 256 g/mol. The van der Waals surface area contributed by atoms with Gasteiger partial charge in [0.25, 0.3) is 0 Å². The van der Waals surface area contributed by atoms with Crippen LogP contribution in [0.5, 0.6) is 0 Å². The monoisotopic (exact) mass is 273 g/mol. The second-order valence-corrected chi connectivity index (χ2v) is 4.85. The van der Waals surface area contributed by atoms with Gasteiger partial charge in [0.05, 0.1) is 12.2 Å². The van der Waals surface area contributed by atoms with Gasteiger partial charge in [0.1, 0.15) is 6.10 Å². The molecule has 1 fully saturated rings. The van der Waals surface area contributed by atoms with Gasteiger partial charge in [-0.15, -0.1) is 0 Å². The molecule has 0 aliphatic carbocycles. The number of β-amino-alcohol motifs (C(OH)–C–C–N with tert-alkyl or cyclic N) is 2. The number of benzene rings is 1. The Morgan fingerprint density at radius 2 is 1.74 bits per heavy atom. The molecule has 1 heterocycles. The number of hydrogen-bond acceptors (Lipinski definition) is 4. The van der Waals surface area contributed by atoms with Crippen molar-refractivity contribution in [1.82, 2.24) is 4.90 Å². The lowest BCUT2D eigenvalue weighted by molar-refractivity contribution is -0.109. The van der Waals surface area contributed by atoms with Crippen molar-refractivity contribution >= 4 is 0 Å². The molecule has 19 heavy (non-hydrogen) atoms. The maximum absolute atomic E-state index is 13.4. The molecule has 0 bridgehead atoms. The minimum Gasteiger partial charge on any atom is -0.389 e. The average molecular weight is 273 g/mol. The fourth-order valence-electron chi connectivity index (χ4n) is 2.28. The number of aliphatic hydroxyl groups is 3. The Hall–Kier alpha value is -1.08. The Labute approximate surface area is 109 Å². The molecule has 0 aromatic heterocycles. The third-order valence-corrected chi connectivity index (χ3v) is 3.41. The van der Waals surface area contributed by atoms with Crippen LogP contribution in [-0.2, 0) is 6.42 Å². The smallest absolute Gasteiger partial charge is 0.162 e. The maximum atomic E-state index is 13.4. The summed E-state index contributed by atoms with van der Waals surface area (Å²) >= 11 is 0. The van der Waals surface area contributed by atoms with Crippen molar-refractivity contribution in [2.45, 2.75) is 24.7 Å². The molecule has 3 N–H and O–H groups in total. The first-order chi connectivity index (χ1) is 8.99. The van der Waals surface area contributed by atoms with Crippen LogP contribution in [0.25, 0.3) is 0 Å². The van der Waals surface area contributed by atoms with Crippen molar-refractivity contribution in [2.75, 3.05) is 19.6 Å². The number of likely N-dealkylation sites (tertiary alicyclic amines) is 1. The topological polar surface area (TPSA) is 63.9 Å². The minimum absolute atomic E-state index is 0.204. The van der Waals surface area contributed by atoms with Gasteiger partial charge in [-0.2, -0.15) is 0 Å². The van der Waals surface area contributed by atoms with Crippen molar-refractivity contribution in [3.63, 3.8) is 0 Å². The molecule has 0 amide bonds. The summed E-state index contributed by atoms with van der Waals surface area (Å²) in [5.74, 6) is -1.74. The van der Waals surface area contributed by atoms with Crippen LogP contribution in [0.4, 0.5) is 8.78 Å². The van der Waals surface area contributed by atoms with E-state index in [1.54, 1.807) is 4.90 Å². The zero-order chi connectivity index (χ0) is 14.0. The van der Waals surface area contributed by atoms with Crippen LogP contribution >= 0.6 is 0 Å². The molecule has 4 nitrogen and oxygen atoms in total. The Morgan fingerprint density at radius 1 is 1.11 bits per heavy atom. The standard InChI is InChI=1S/C13H17F2NO3/c14-9-3-1-2-8(12(9)15)4-5-16-6-10(17)13(19)11(18)7-16/h1-3,10-11,13,17-19H,4-7H2/t10-,11+,13?. The second kappa shape index (κ2) is 5.92. The lowest BCUT2D eigenvalue weighted by atomic mass is 10.0. The minimum atomic E-state index is -1.15. The van der Waals surface area contributed by atoms with Gasteiger partial charge in [0.15, 0.2) is 11.6 Å². The van der Waals surface area contributed by atoms with Crippen LogP contribution in [0.3, 0.4) is 0 Å². The number of nitrogens with zero attached hydrogens (tertiary/aromatic N) is 1. The Morgan fingerprint density at radius 3 is 2.37 bits per heavy atom. The summed E-state index contributed by atoms with van der Waals surface area (Å²) < 4.78 is 26.5. The Bertz CT molecular complexity index is 432. The molecule has 1 unspecified atom stereocenters. The predicted octanol–water partition coefficient (Wildman–Crippen LogP) is -0.0944. The van der Waals surface area contributed by atoms with Crippen LogP contribution in [0.2, 0.25) is 0 Å². The van der Waals surface area contributed by atoms with Crippen molar-refractivity contribution in [3.05, 3.63) is 35.4 Å². The van der Waals surface area contributed by atoms with Crippen LogP contribution in [0.15, 0.2) is 18.2 Å². The molecule has 1 aromatic carbocycles. The van der Waals surface area contributed by atoms with Gasteiger partial charge in [-0.1, -0.05) is 12.1 Å². The highest BCUT2D eigenvalue weighted by molar-refractivity contribution is 5.19. The van der Waals surface area contributed by atoms with Crippen molar-refractivity contribution in [1.29, 1.82) is 0 Å². The molecule has 1 aromatic rings. The number of piperidine rings is 1. The highest BCUT2D eigenvalue weighted by Crippen LogP contribution is 2.15. The van der Waals surface area contributed by atoms with E-state index in [0.717, 1.165) is 6.07 Å². The van der Waals surface area contributed by atoms with E-state index < -0.39 is 29.9 Å². The van der Waals surface area contributed by atoms with Gasteiger partial charge in [-0.05, 0) is 18.1 Å². The lowest BCUT2D eigenvalue weighted by Gasteiger charge is -2.36. The highest BCUT2D eigenvalue weighted by Gasteiger charge is 2.33. The van der Waals surface area contributed by atoms with E-state index in [9.17, 15) is 24.1 Å². The van der Waals surface area contributed by atoms with Gasteiger partial charge in [-0.25, -0.2) is 8.78 Å². The van der Waals surface area contributed by atoms with Crippen LogP contribution in [0, 0.1) is 11.6 Å². The van der Waals surface area contributed by atoms with E-state index in [2.05, 4.69) is 0 Å². The van der Waals surface area contributed by atoms with E-state index in [1.807, 2.05) is 0 Å². The maximum Gasteiger partial charge on any atom is 0.162 e. The zero-order valence-corrected chi connectivity index (χ0v) is 10.3. The van der Waals surface area contributed by atoms with Gasteiger partial charge in [0, 0.05) is 19.6 Å². The van der Waals surface area contributed by atoms with Crippen LogP contribution in [0.1, 0.15) is 5.56 Å². The fourth-order valence-corrected chi connectivity index (χ4v) is 2.28.